The highest BCUT2D eigenvalue weighted by atomic mass is 16.4. The fraction of sp³-hybridized carbons (Fsp3) is 0.900. The molecule has 2 nitrogen and oxygen atoms in total. The monoisotopic (exact) mass is 442 g/mol. The van der Waals surface area contributed by atoms with E-state index in [1.54, 1.807) is 0 Å². The first kappa shape index (κ1) is 24.3. The van der Waals surface area contributed by atoms with Crippen LogP contribution >= 0.6 is 0 Å². The maximum absolute atomic E-state index is 11.6. The van der Waals surface area contributed by atoms with Gasteiger partial charge < -0.3 is 5.11 Å². The second kappa shape index (κ2) is 7.35. The van der Waals surface area contributed by atoms with Crippen LogP contribution in [0.5, 0.6) is 0 Å². The summed E-state index contributed by atoms with van der Waals surface area (Å²) in [6, 6.07) is 0. The van der Waals surface area contributed by atoms with Gasteiger partial charge in [0.1, 0.15) is 0 Å². The average molecular weight is 443 g/mol. The molecule has 4 aliphatic rings. The molecule has 0 saturated heterocycles. The smallest absolute Gasteiger partial charge is 0.303 e. The van der Waals surface area contributed by atoms with E-state index in [4.69, 9.17) is 0 Å². The van der Waals surface area contributed by atoms with E-state index in [9.17, 15) is 9.90 Å². The standard InChI is InChI=1S/C30H50O2/c1-9-26(4)13-12-22-28(6,21(26)10-11-24(31)32)17-19-30(8)23-20-25(2,3)14-15-27(23,5)16-18-29(22,30)7/h9,21-23H,1,10-20H2,2-8H3,(H,31,32). The third kappa shape index (κ3) is 3.28. The van der Waals surface area contributed by atoms with E-state index < -0.39 is 5.97 Å². The molecule has 4 saturated carbocycles. The molecule has 4 aliphatic carbocycles. The quantitative estimate of drug-likeness (QED) is 0.443. The third-order valence-electron chi connectivity index (χ3n) is 12.7. The molecule has 0 aliphatic heterocycles. The van der Waals surface area contributed by atoms with Crippen LogP contribution in [0.2, 0.25) is 0 Å². The summed E-state index contributed by atoms with van der Waals surface area (Å²) in [7, 11) is 0. The van der Waals surface area contributed by atoms with Crippen molar-refractivity contribution in [3.63, 3.8) is 0 Å². The van der Waals surface area contributed by atoms with Crippen LogP contribution in [0.15, 0.2) is 12.7 Å². The van der Waals surface area contributed by atoms with Gasteiger partial charge in [-0.25, -0.2) is 0 Å². The lowest BCUT2D eigenvalue weighted by Crippen LogP contribution is -2.66. The van der Waals surface area contributed by atoms with Crippen LogP contribution in [-0.2, 0) is 4.79 Å². The van der Waals surface area contributed by atoms with Gasteiger partial charge in [-0.15, -0.1) is 6.58 Å². The Balaban J connectivity index is 1.74. The fourth-order valence-electron chi connectivity index (χ4n) is 10.3. The highest BCUT2D eigenvalue weighted by Crippen LogP contribution is 2.77. The molecule has 182 valence electrons. The van der Waals surface area contributed by atoms with E-state index in [0.29, 0.717) is 39.9 Å². The highest BCUT2D eigenvalue weighted by molar-refractivity contribution is 5.66. The molecule has 0 aromatic heterocycles. The molecule has 8 atom stereocenters. The molecular formula is C30H50O2. The number of fused-ring (bicyclic) bond motifs is 5. The second-order valence-corrected chi connectivity index (χ2v) is 14.7. The highest BCUT2D eigenvalue weighted by Gasteiger charge is 2.69. The van der Waals surface area contributed by atoms with Crippen molar-refractivity contribution in [1.82, 2.24) is 0 Å². The lowest BCUT2D eigenvalue weighted by Gasteiger charge is -2.74. The molecule has 0 aromatic rings. The first-order valence-corrected chi connectivity index (χ1v) is 13.5. The van der Waals surface area contributed by atoms with E-state index in [1.165, 1.54) is 57.8 Å². The molecule has 4 fully saturated rings. The summed E-state index contributed by atoms with van der Waals surface area (Å²) in [6.45, 7) is 22.2. The van der Waals surface area contributed by atoms with E-state index in [1.807, 2.05) is 0 Å². The van der Waals surface area contributed by atoms with Crippen LogP contribution in [0.1, 0.15) is 119 Å². The topological polar surface area (TPSA) is 37.3 Å². The van der Waals surface area contributed by atoms with Crippen LogP contribution in [0.3, 0.4) is 0 Å². The largest absolute Gasteiger partial charge is 0.481 e. The molecule has 32 heavy (non-hydrogen) atoms. The van der Waals surface area contributed by atoms with Crippen molar-refractivity contribution in [2.24, 2.45) is 50.2 Å². The Morgan fingerprint density at radius 2 is 1.47 bits per heavy atom. The summed E-state index contributed by atoms with van der Waals surface area (Å²) in [5, 5.41) is 9.53. The summed E-state index contributed by atoms with van der Waals surface area (Å²) < 4.78 is 0. The van der Waals surface area contributed by atoms with Crippen LogP contribution in [0.4, 0.5) is 0 Å². The SMILES string of the molecule is C=CC1(C)CCC2C(C)(CCC3(C)C4CC(C)(C)CCC4(C)CCC23C)C1CCC(=O)O. The lowest BCUT2D eigenvalue weighted by atomic mass is 9.31. The number of aliphatic carboxylic acids is 1. The Morgan fingerprint density at radius 1 is 0.875 bits per heavy atom. The van der Waals surface area contributed by atoms with E-state index in [2.05, 4.69) is 61.1 Å². The molecule has 8 unspecified atom stereocenters. The second-order valence-electron chi connectivity index (χ2n) is 14.7. The number of carboxylic acids is 1. The molecule has 0 amide bonds. The Hall–Kier alpha value is -0.790. The Bertz CT molecular complexity index is 784. The molecule has 1 N–H and O–H groups in total. The molecule has 0 aromatic carbocycles. The van der Waals surface area contributed by atoms with Gasteiger partial charge in [-0.3, -0.25) is 4.79 Å². The maximum atomic E-state index is 11.6. The van der Waals surface area contributed by atoms with E-state index >= 15 is 0 Å². The fourth-order valence-corrected chi connectivity index (χ4v) is 10.3. The van der Waals surface area contributed by atoms with Crippen LogP contribution in [0, 0.1) is 50.2 Å². The number of allylic oxidation sites excluding steroid dienone is 1. The third-order valence-corrected chi connectivity index (χ3v) is 12.7. The van der Waals surface area contributed by atoms with E-state index in [0.717, 1.165) is 12.3 Å². The normalized spacial score (nSPS) is 52.3. The van der Waals surface area contributed by atoms with Gasteiger partial charge in [0, 0.05) is 6.42 Å². The van der Waals surface area contributed by atoms with Crippen LogP contribution in [0.25, 0.3) is 0 Å². The predicted octanol–water partition coefficient (Wildman–Crippen LogP) is 8.51. The van der Waals surface area contributed by atoms with E-state index in [-0.39, 0.29) is 10.8 Å². The van der Waals surface area contributed by atoms with Gasteiger partial charge in [0.2, 0.25) is 0 Å². The Labute approximate surface area is 198 Å². The van der Waals surface area contributed by atoms with Gasteiger partial charge >= 0.3 is 5.97 Å². The summed E-state index contributed by atoms with van der Waals surface area (Å²) in [5.41, 5.74) is 1.97. The van der Waals surface area contributed by atoms with Crippen LogP contribution < -0.4 is 0 Å². The molecule has 4 rings (SSSR count). The summed E-state index contributed by atoms with van der Waals surface area (Å²) in [6.07, 6.45) is 15.2. The minimum Gasteiger partial charge on any atom is -0.481 e. The van der Waals surface area contributed by atoms with Gasteiger partial charge in [-0.2, -0.15) is 0 Å². The minimum atomic E-state index is -0.646. The average Bonchev–Trinajstić information content (AvgIpc) is 2.70. The van der Waals surface area contributed by atoms with Gasteiger partial charge in [0.15, 0.2) is 0 Å². The van der Waals surface area contributed by atoms with Gasteiger partial charge in [0.25, 0.3) is 0 Å². The van der Waals surface area contributed by atoms with Gasteiger partial charge in [-0.05, 0) is 114 Å². The van der Waals surface area contributed by atoms with Crippen molar-refractivity contribution in [2.75, 3.05) is 0 Å². The molecule has 0 radical (unpaired) electrons. The maximum Gasteiger partial charge on any atom is 0.303 e. The summed E-state index contributed by atoms with van der Waals surface area (Å²) >= 11 is 0. The zero-order chi connectivity index (χ0) is 23.8. The van der Waals surface area contributed by atoms with Crippen molar-refractivity contribution in [3.05, 3.63) is 12.7 Å². The first-order chi connectivity index (χ1) is 14.7. The van der Waals surface area contributed by atoms with Crippen molar-refractivity contribution in [2.45, 2.75) is 119 Å². The van der Waals surface area contributed by atoms with Gasteiger partial charge in [-0.1, -0.05) is 54.5 Å². The molecule has 0 spiro atoms. The van der Waals surface area contributed by atoms with Crippen molar-refractivity contribution < 1.29 is 9.90 Å². The Morgan fingerprint density at radius 3 is 2.09 bits per heavy atom. The number of hydrogen-bond acceptors (Lipinski definition) is 1. The zero-order valence-electron chi connectivity index (χ0n) is 22.2. The molecule has 0 bridgehead atoms. The van der Waals surface area contributed by atoms with Gasteiger partial charge in [0.05, 0.1) is 0 Å². The van der Waals surface area contributed by atoms with Crippen molar-refractivity contribution in [3.8, 4) is 0 Å². The first-order valence-electron chi connectivity index (χ1n) is 13.5. The lowest BCUT2D eigenvalue weighted by molar-refractivity contribution is -0.247. The summed E-state index contributed by atoms with van der Waals surface area (Å²) in [4.78, 5) is 11.6. The predicted molar refractivity (Wildman–Crippen MR) is 133 cm³/mol. The number of hydrogen-bond donors (Lipinski definition) is 1. The number of carbonyl (C=O) groups is 1. The number of rotatable bonds is 4. The van der Waals surface area contributed by atoms with Crippen molar-refractivity contribution >= 4 is 5.97 Å². The molecular weight excluding hydrogens is 392 g/mol. The zero-order valence-corrected chi connectivity index (χ0v) is 22.2. The summed E-state index contributed by atoms with van der Waals surface area (Å²) in [5.74, 6) is 1.27. The minimum absolute atomic E-state index is 0.0564. The van der Waals surface area contributed by atoms with Crippen LogP contribution in [-0.4, -0.2) is 11.1 Å². The Kier molecular flexibility index (Phi) is 5.59. The van der Waals surface area contributed by atoms with Crippen molar-refractivity contribution in [1.29, 1.82) is 0 Å². The molecule has 2 heteroatoms. The molecule has 0 heterocycles. The number of carboxylic acid groups (broad SMARTS) is 1.